The zero-order chi connectivity index (χ0) is 7.56. The molecule has 1 aliphatic carbocycles. The van der Waals surface area contributed by atoms with Gasteiger partial charge < -0.3 is 4.79 Å². The molecule has 0 aromatic carbocycles. The van der Waals surface area contributed by atoms with E-state index in [-0.39, 0.29) is 5.92 Å². The normalized spacial score (nSPS) is 25.9. The summed E-state index contributed by atoms with van der Waals surface area (Å²) in [6.07, 6.45) is 4.87. The Morgan fingerprint density at radius 1 is 1.70 bits per heavy atom. The Balaban J connectivity index is 2.69. The van der Waals surface area contributed by atoms with Crippen LogP contribution >= 0.6 is 0 Å². The van der Waals surface area contributed by atoms with E-state index in [1.54, 1.807) is 0 Å². The molecule has 1 atom stereocenters. The van der Waals surface area contributed by atoms with Crippen molar-refractivity contribution >= 4 is 6.29 Å². The molecule has 1 rings (SSSR count). The molecule has 54 valence electrons. The van der Waals surface area contributed by atoms with E-state index >= 15 is 0 Å². The summed E-state index contributed by atoms with van der Waals surface area (Å²) in [5.74, 6) is 0.192. The van der Waals surface area contributed by atoms with Gasteiger partial charge in [0, 0.05) is 5.92 Å². The van der Waals surface area contributed by atoms with Crippen molar-refractivity contribution in [3.05, 3.63) is 23.8 Å². The molecule has 1 unspecified atom stereocenters. The van der Waals surface area contributed by atoms with Crippen LogP contribution in [0.4, 0.5) is 0 Å². The molecule has 0 amide bonds. The van der Waals surface area contributed by atoms with Crippen LogP contribution in [0.25, 0.3) is 0 Å². The highest BCUT2D eigenvalue weighted by atomic mass is 16.1. The number of carbonyl (C=O) groups is 1. The molecule has 0 aliphatic heterocycles. The molecule has 0 saturated carbocycles. The van der Waals surface area contributed by atoms with Crippen molar-refractivity contribution in [1.29, 1.82) is 0 Å². The molecule has 1 heteroatoms. The number of hydrogen-bond donors (Lipinski definition) is 0. The first-order chi connectivity index (χ1) is 4.72. The number of hydrogen-bond acceptors (Lipinski definition) is 1. The van der Waals surface area contributed by atoms with E-state index in [9.17, 15) is 4.79 Å². The van der Waals surface area contributed by atoms with Crippen LogP contribution in [-0.2, 0) is 4.79 Å². The lowest BCUT2D eigenvalue weighted by molar-refractivity contribution is -0.111. The smallest absolute Gasteiger partial charge is 0.123 e. The van der Waals surface area contributed by atoms with Crippen molar-refractivity contribution in [2.45, 2.75) is 19.8 Å². The first kappa shape index (κ1) is 7.26. The predicted octanol–water partition coefficient (Wildman–Crippen LogP) is 2.10. The lowest BCUT2D eigenvalue weighted by Gasteiger charge is -2.16. The van der Waals surface area contributed by atoms with Crippen LogP contribution in [0.2, 0.25) is 0 Å². The summed E-state index contributed by atoms with van der Waals surface area (Å²) in [6.45, 7) is 5.87. The number of rotatable bonds is 1. The lowest BCUT2D eigenvalue weighted by atomic mass is 9.88. The molecule has 1 aliphatic rings. The van der Waals surface area contributed by atoms with Crippen LogP contribution in [0.3, 0.4) is 0 Å². The van der Waals surface area contributed by atoms with Crippen molar-refractivity contribution in [2.24, 2.45) is 5.92 Å². The fourth-order valence-electron chi connectivity index (χ4n) is 1.39. The second-order valence-corrected chi connectivity index (χ2v) is 2.95. The summed E-state index contributed by atoms with van der Waals surface area (Å²) < 4.78 is 0. The zero-order valence-corrected chi connectivity index (χ0v) is 6.26. The Bertz CT molecular complexity index is 189. The van der Waals surface area contributed by atoms with E-state index in [4.69, 9.17) is 0 Å². The second kappa shape index (κ2) is 2.82. The van der Waals surface area contributed by atoms with Crippen LogP contribution in [0.1, 0.15) is 19.8 Å². The molecule has 0 bridgehead atoms. The van der Waals surface area contributed by atoms with Crippen LogP contribution in [0, 0.1) is 5.92 Å². The van der Waals surface area contributed by atoms with Gasteiger partial charge in [0.05, 0.1) is 0 Å². The summed E-state index contributed by atoms with van der Waals surface area (Å²) in [4.78, 5) is 10.4. The monoisotopic (exact) mass is 136 g/mol. The molecule has 0 N–H and O–H groups in total. The number of aldehydes is 1. The quantitative estimate of drug-likeness (QED) is 0.504. The van der Waals surface area contributed by atoms with Crippen LogP contribution in [0.15, 0.2) is 23.8 Å². The summed E-state index contributed by atoms with van der Waals surface area (Å²) in [7, 11) is 0. The van der Waals surface area contributed by atoms with E-state index in [1.807, 2.05) is 6.92 Å². The van der Waals surface area contributed by atoms with Crippen molar-refractivity contribution in [3.8, 4) is 0 Å². The van der Waals surface area contributed by atoms with Gasteiger partial charge in [-0.05, 0) is 19.8 Å². The molecule has 0 heterocycles. The number of allylic oxidation sites excluding steroid dienone is 3. The molecule has 10 heavy (non-hydrogen) atoms. The third-order valence-corrected chi connectivity index (χ3v) is 1.75. The Morgan fingerprint density at radius 3 is 2.90 bits per heavy atom. The summed E-state index contributed by atoms with van der Waals surface area (Å²) in [5.41, 5.74) is 2.36. The predicted molar refractivity (Wildman–Crippen MR) is 41.7 cm³/mol. The minimum atomic E-state index is 0.192. The molecule has 0 aromatic heterocycles. The van der Waals surface area contributed by atoms with Gasteiger partial charge in [0.1, 0.15) is 6.29 Å². The van der Waals surface area contributed by atoms with Crippen molar-refractivity contribution in [2.75, 3.05) is 0 Å². The fraction of sp³-hybridized carbons (Fsp3) is 0.444. The van der Waals surface area contributed by atoms with Crippen molar-refractivity contribution in [3.63, 3.8) is 0 Å². The average Bonchev–Trinajstić information content (AvgIpc) is 1.85. The van der Waals surface area contributed by atoms with E-state index in [0.29, 0.717) is 0 Å². The molecular weight excluding hydrogens is 124 g/mol. The van der Waals surface area contributed by atoms with Gasteiger partial charge in [-0.15, -0.1) is 0 Å². The third-order valence-electron chi connectivity index (χ3n) is 1.75. The maximum Gasteiger partial charge on any atom is 0.123 e. The van der Waals surface area contributed by atoms with Crippen molar-refractivity contribution in [1.82, 2.24) is 0 Å². The van der Waals surface area contributed by atoms with Gasteiger partial charge >= 0.3 is 0 Å². The fourth-order valence-corrected chi connectivity index (χ4v) is 1.39. The topological polar surface area (TPSA) is 17.1 Å². The first-order valence-electron chi connectivity index (χ1n) is 3.52. The lowest BCUT2D eigenvalue weighted by Crippen LogP contribution is -2.07. The Kier molecular flexibility index (Phi) is 2.05. The molecule has 0 fully saturated rings. The highest BCUT2D eigenvalue weighted by Crippen LogP contribution is 2.24. The molecule has 0 radical (unpaired) electrons. The minimum absolute atomic E-state index is 0.192. The SMILES string of the molecule is C=C1C=C(C)CC(C=O)C1. The van der Waals surface area contributed by atoms with Crippen LogP contribution in [-0.4, -0.2) is 6.29 Å². The molecule has 0 saturated heterocycles. The van der Waals surface area contributed by atoms with Gasteiger partial charge in [-0.25, -0.2) is 0 Å². The maximum atomic E-state index is 10.4. The molecule has 0 spiro atoms. The summed E-state index contributed by atoms with van der Waals surface area (Å²) in [5, 5.41) is 0. The standard InChI is InChI=1S/C9H12O/c1-7-3-8(2)5-9(4-7)6-10/h3,6,9H,1,4-5H2,2H3. The molecule has 0 aromatic rings. The average molecular weight is 136 g/mol. The maximum absolute atomic E-state index is 10.4. The van der Waals surface area contributed by atoms with Crippen LogP contribution < -0.4 is 0 Å². The van der Waals surface area contributed by atoms with Crippen molar-refractivity contribution < 1.29 is 4.79 Å². The summed E-state index contributed by atoms with van der Waals surface area (Å²) in [6, 6.07) is 0. The Hall–Kier alpha value is -0.850. The Labute approximate surface area is 61.4 Å². The Morgan fingerprint density at radius 2 is 2.40 bits per heavy atom. The zero-order valence-electron chi connectivity index (χ0n) is 6.26. The highest BCUT2D eigenvalue weighted by molar-refractivity contribution is 5.56. The van der Waals surface area contributed by atoms with Gasteiger partial charge in [0.25, 0.3) is 0 Å². The van der Waals surface area contributed by atoms with E-state index < -0.39 is 0 Å². The van der Waals surface area contributed by atoms with Gasteiger partial charge in [-0.2, -0.15) is 0 Å². The first-order valence-corrected chi connectivity index (χ1v) is 3.52. The van der Waals surface area contributed by atoms with Gasteiger partial charge in [0.15, 0.2) is 0 Å². The minimum Gasteiger partial charge on any atom is -0.303 e. The van der Waals surface area contributed by atoms with Gasteiger partial charge in [-0.1, -0.05) is 23.8 Å². The summed E-state index contributed by atoms with van der Waals surface area (Å²) >= 11 is 0. The van der Waals surface area contributed by atoms with Gasteiger partial charge in [0.2, 0.25) is 0 Å². The molecular formula is C9H12O. The van der Waals surface area contributed by atoms with Crippen LogP contribution in [0.5, 0.6) is 0 Å². The second-order valence-electron chi connectivity index (χ2n) is 2.95. The van der Waals surface area contributed by atoms with E-state index in [1.165, 1.54) is 5.57 Å². The highest BCUT2D eigenvalue weighted by Gasteiger charge is 2.13. The van der Waals surface area contributed by atoms with Gasteiger partial charge in [-0.3, -0.25) is 0 Å². The largest absolute Gasteiger partial charge is 0.303 e. The van der Waals surface area contributed by atoms with E-state index in [0.717, 1.165) is 24.7 Å². The molecule has 1 nitrogen and oxygen atoms in total. The third kappa shape index (κ3) is 1.56. The van der Waals surface area contributed by atoms with E-state index in [2.05, 4.69) is 12.7 Å². The number of carbonyl (C=O) groups excluding carboxylic acids is 1.